The van der Waals surface area contributed by atoms with Gasteiger partial charge >= 0.3 is 5.97 Å². The maximum absolute atomic E-state index is 11.8. The first-order valence-corrected chi connectivity index (χ1v) is 8.36. The van der Waals surface area contributed by atoms with Crippen LogP contribution in [0.4, 0.5) is 0 Å². The Morgan fingerprint density at radius 3 is 2.11 bits per heavy atom. The van der Waals surface area contributed by atoms with Crippen molar-refractivity contribution in [3.8, 4) is 11.5 Å². The number of hydrogen-bond acceptors (Lipinski definition) is 6. The number of phenolic OH excluding ortho intramolecular Hbond substituents is 1. The summed E-state index contributed by atoms with van der Waals surface area (Å²) in [6, 6.07) is 13.2. The summed E-state index contributed by atoms with van der Waals surface area (Å²) in [4.78, 5) is 22.9. The number of aromatic hydroxyl groups is 1. The zero-order valence-corrected chi connectivity index (χ0v) is 15.2. The molecule has 0 saturated heterocycles. The standard InChI is InChI=1S/C22H20O6/c1-27-22(26)15-28-21-12-6-17(7-13-21)5-11-20(25)14-19(24)10-4-16-2-8-18(23)9-3-16/h2-14,23,25H,15H2,1H3/b10-4+,11-5+,20-14-. The summed E-state index contributed by atoms with van der Waals surface area (Å²) in [6.45, 7) is -0.172. The van der Waals surface area contributed by atoms with Crippen molar-refractivity contribution in [1.82, 2.24) is 0 Å². The Balaban J connectivity index is 1.90. The van der Waals surface area contributed by atoms with E-state index >= 15 is 0 Å². The summed E-state index contributed by atoms with van der Waals surface area (Å²) in [5, 5.41) is 19.1. The molecule has 0 aliphatic rings. The van der Waals surface area contributed by atoms with E-state index in [4.69, 9.17) is 4.74 Å². The predicted octanol–water partition coefficient (Wildman–Crippen LogP) is 3.68. The summed E-state index contributed by atoms with van der Waals surface area (Å²) in [5.74, 6) is -0.373. The van der Waals surface area contributed by atoms with Crippen LogP contribution in [0.3, 0.4) is 0 Å². The zero-order chi connectivity index (χ0) is 20.4. The van der Waals surface area contributed by atoms with Gasteiger partial charge in [0, 0.05) is 6.08 Å². The highest BCUT2D eigenvalue weighted by molar-refractivity contribution is 6.02. The Labute approximate surface area is 162 Å². The highest BCUT2D eigenvalue weighted by atomic mass is 16.6. The summed E-state index contributed by atoms with van der Waals surface area (Å²) in [7, 11) is 1.29. The molecule has 144 valence electrons. The van der Waals surface area contributed by atoms with Gasteiger partial charge in [0.1, 0.15) is 17.3 Å². The smallest absolute Gasteiger partial charge is 0.343 e. The quantitative estimate of drug-likeness (QED) is 0.314. The Morgan fingerprint density at radius 1 is 0.929 bits per heavy atom. The molecule has 0 fully saturated rings. The minimum atomic E-state index is -0.469. The van der Waals surface area contributed by atoms with Crippen LogP contribution >= 0.6 is 0 Å². The zero-order valence-electron chi connectivity index (χ0n) is 15.2. The molecular weight excluding hydrogens is 360 g/mol. The molecule has 28 heavy (non-hydrogen) atoms. The Bertz CT molecular complexity index is 890. The molecule has 6 nitrogen and oxygen atoms in total. The summed E-state index contributed by atoms with van der Waals surface area (Å²) < 4.78 is 9.72. The number of ether oxygens (including phenoxy) is 2. The van der Waals surface area contributed by atoms with Gasteiger partial charge in [0.15, 0.2) is 12.4 Å². The van der Waals surface area contributed by atoms with Gasteiger partial charge in [-0.15, -0.1) is 0 Å². The number of carbonyl (C=O) groups is 2. The lowest BCUT2D eigenvalue weighted by molar-refractivity contribution is -0.142. The first kappa shape index (κ1) is 20.5. The number of carbonyl (C=O) groups excluding carboxylic acids is 2. The van der Waals surface area contributed by atoms with Crippen LogP contribution in [-0.4, -0.2) is 35.7 Å². The third-order valence-corrected chi connectivity index (χ3v) is 3.53. The number of methoxy groups -OCH3 is 1. The SMILES string of the molecule is COC(=O)COc1ccc(/C=C/C(O)=C/C(=O)/C=C/c2ccc(O)cc2)cc1. The molecule has 0 aliphatic heterocycles. The van der Waals surface area contributed by atoms with Gasteiger partial charge in [-0.25, -0.2) is 4.79 Å². The molecule has 2 rings (SSSR count). The number of allylic oxidation sites excluding steroid dienone is 3. The van der Waals surface area contributed by atoms with Crippen LogP contribution in [0, 0.1) is 0 Å². The van der Waals surface area contributed by atoms with Crippen molar-refractivity contribution in [1.29, 1.82) is 0 Å². The van der Waals surface area contributed by atoms with Gasteiger partial charge in [0.05, 0.1) is 7.11 Å². The summed E-state index contributed by atoms with van der Waals surface area (Å²) >= 11 is 0. The Kier molecular flexibility index (Phi) is 7.60. The lowest BCUT2D eigenvalue weighted by atomic mass is 10.1. The van der Waals surface area contributed by atoms with Crippen molar-refractivity contribution in [3.05, 3.63) is 83.6 Å². The molecule has 0 amide bonds. The fraction of sp³-hybridized carbons (Fsp3) is 0.0909. The topological polar surface area (TPSA) is 93.1 Å². The maximum atomic E-state index is 11.8. The second-order valence-electron chi connectivity index (χ2n) is 5.66. The average Bonchev–Trinajstić information content (AvgIpc) is 2.70. The first-order chi connectivity index (χ1) is 13.5. The molecular formula is C22H20O6. The molecule has 6 heteroatoms. The molecule has 0 bridgehead atoms. The van der Waals surface area contributed by atoms with E-state index in [-0.39, 0.29) is 23.9 Å². The van der Waals surface area contributed by atoms with Gasteiger partial charge in [0.2, 0.25) is 0 Å². The highest BCUT2D eigenvalue weighted by Crippen LogP contribution is 2.14. The van der Waals surface area contributed by atoms with Crippen molar-refractivity contribution in [2.45, 2.75) is 0 Å². The largest absolute Gasteiger partial charge is 0.508 e. The highest BCUT2D eigenvalue weighted by Gasteiger charge is 2.01. The Hall–Kier alpha value is -3.80. The summed E-state index contributed by atoms with van der Waals surface area (Å²) in [5.41, 5.74) is 1.53. The van der Waals surface area contributed by atoms with Crippen LogP contribution in [0.1, 0.15) is 11.1 Å². The molecule has 0 radical (unpaired) electrons. The van der Waals surface area contributed by atoms with Crippen molar-refractivity contribution in [2.24, 2.45) is 0 Å². The van der Waals surface area contributed by atoms with Gasteiger partial charge in [0.25, 0.3) is 0 Å². The van der Waals surface area contributed by atoms with Crippen LogP contribution in [0.2, 0.25) is 0 Å². The fourth-order valence-corrected chi connectivity index (χ4v) is 2.06. The molecule has 2 aromatic rings. The van der Waals surface area contributed by atoms with Crippen LogP contribution in [-0.2, 0) is 14.3 Å². The molecule has 0 aromatic heterocycles. The molecule has 0 aliphatic carbocycles. The summed E-state index contributed by atoms with van der Waals surface area (Å²) in [6.07, 6.45) is 7.04. The van der Waals surface area contributed by atoms with Crippen molar-refractivity contribution >= 4 is 23.9 Å². The number of benzene rings is 2. The molecule has 2 aromatic carbocycles. The minimum absolute atomic E-state index is 0.147. The lowest BCUT2D eigenvalue weighted by Crippen LogP contribution is -2.12. The number of phenols is 1. The second-order valence-corrected chi connectivity index (χ2v) is 5.66. The Morgan fingerprint density at radius 2 is 1.50 bits per heavy atom. The molecule has 0 saturated carbocycles. The third kappa shape index (κ3) is 7.21. The van der Waals surface area contributed by atoms with Gasteiger partial charge < -0.3 is 19.7 Å². The van der Waals surface area contributed by atoms with E-state index in [0.717, 1.165) is 17.2 Å². The normalized spacial score (nSPS) is 11.7. The molecule has 2 N–H and O–H groups in total. The lowest BCUT2D eigenvalue weighted by Gasteiger charge is -2.04. The molecule has 0 heterocycles. The van der Waals surface area contributed by atoms with Gasteiger partial charge in [-0.3, -0.25) is 4.79 Å². The van der Waals surface area contributed by atoms with Crippen molar-refractivity contribution in [2.75, 3.05) is 13.7 Å². The number of ketones is 1. The van der Waals surface area contributed by atoms with E-state index in [2.05, 4.69) is 4.74 Å². The van der Waals surface area contributed by atoms with Crippen molar-refractivity contribution in [3.63, 3.8) is 0 Å². The van der Waals surface area contributed by atoms with Crippen LogP contribution in [0.25, 0.3) is 12.2 Å². The van der Waals surface area contributed by atoms with E-state index in [1.807, 2.05) is 0 Å². The fourth-order valence-electron chi connectivity index (χ4n) is 2.06. The number of aliphatic hydroxyl groups is 1. The number of hydrogen-bond donors (Lipinski definition) is 2. The first-order valence-electron chi connectivity index (χ1n) is 8.36. The second kappa shape index (κ2) is 10.4. The third-order valence-electron chi connectivity index (χ3n) is 3.53. The molecule has 0 atom stereocenters. The van der Waals surface area contributed by atoms with E-state index in [1.54, 1.807) is 48.6 Å². The number of aliphatic hydroxyl groups excluding tert-OH is 1. The predicted molar refractivity (Wildman–Crippen MR) is 106 cm³/mol. The minimum Gasteiger partial charge on any atom is -0.508 e. The van der Waals surface area contributed by atoms with E-state index in [0.29, 0.717) is 5.75 Å². The van der Waals surface area contributed by atoms with E-state index < -0.39 is 5.97 Å². The number of rotatable bonds is 8. The van der Waals surface area contributed by atoms with E-state index in [1.165, 1.54) is 31.4 Å². The molecule has 0 unspecified atom stereocenters. The van der Waals surface area contributed by atoms with Gasteiger partial charge in [-0.2, -0.15) is 0 Å². The monoisotopic (exact) mass is 380 g/mol. The van der Waals surface area contributed by atoms with Crippen LogP contribution in [0.15, 0.2) is 72.5 Å². The molecule has 0 spiro atoms. The van der Waals surface area contributed by atoms with Crippen LogP contribution in [0.5, 0.6) is 11.5 Å². The van der Waals surface area contributed by atoms with E-state index in [9.17, 15) is 19.8 Å². The van der Waals surface area contributed by atoms with Crippen LogP contribution < -0.4 is 4.74 Å². The maximum Gasteiger partial charge on any atom is 0.343 e. The van der Waals surface area contributed by atoms with Gasteiger partial charge in [-0.1, -0.05) is 36.4 Å². The van der Waals surface area contributed by atoms with Crippen molar-refractivity contribution < 1.29 is 29.3 Å². The average molecular weight is 380 g/mol. The van der Waals surface area contributed by atoms with Gasteiger partial charge in [-0.05, 0) is 47.5 Å². The number of esters is 1.